The van der Waals surface area contributed by atoms with Gasteiger partial charge in [0, 0.05) is 17.3 Å². The lowest BCUT2D eigenvalue weighted by atomic mass is 9.87. The van der Waals surface area contributed by atoms with Crippen molar-refractivity contribution in [2.45, 2.75) is 39.7 Å². The van der Waals surface area contributed by atoms with Gasteiger partial charge in [-0.25, -0.2) is 4.79 Å². The van der Waals surface area contributed by atoms with E-state index in [1.165, 1.54) is 0 Å². The van der Waals surface area contributed by atoms with Crippen molar-refractivity contribution < 1.29 is 9.53 Å². The highest BCUT2D eigenvalue weighted by Crippen LogP contribution is 2.39. The highest BCUT2D eigenvalue weighted by Gasteiger charge is 2.30. The fourth-order valence-corrected chi connectivity index (χ4v) is 2.96. The molecule has 118 valence electrons. The average molecular weight is 340 g/mol. The fourth-order valence-electron chi connectivity index (χ4n) is 2.53. The molecular weight excluding hydrogens is 321 g/mol. The highest BCUT2D eigenvalue weighted by atomic mass is 35.5. The number of ether oxygens (including phenoxy) is 1. The Morgan fingerprint density at radius 1 is 1.27 bits per heavy atom. The Hall–Kier alpha value is -1.45. The third-order valence-corrected chi connectivity index (χ3v) is 4.23. The molecule has 1 N–H and O–H groups in total. The van der Waals surface area contributed by atoms with Crippen LogP contribution in [-0.2, 0) is 9.53 Å². The van der Waals surface area contributed by atoms with Crippen LogP contribution in [0.15, 0.2) is 41.2 Å². The summed E-state index contributed by atoms with van der Waals surface area (Å²) < 4.78 is 5.38. The van der Waals surface area contributed by atoms with Crippen molar-refractivity contribution in [3.63, 3.8) is 0 Å². The number of hydrogen-bond acceptors (Lipinski definition) is 3. The molecule has 0 fully saturated rings. The maximum atomic E-state index is 12.5. The number of dihydropyridines is 1. The molecule has 22 heavy (non-hydrogen) atoms. The number of allylic oxidation sites excluding steroid dienone is 3. The molecule has 1 aliphatic heterocycles. The Morgan fingerprint density at radius 3 is 2.59 bits per heavy atom. The van der Waals surface area contributed by atoms with Gasteiger partial charge in [0.15, 0.2) is 0 Å². The van der Waals surface area contributed by atoms with Gasteiger partial charge in [-0.1, -0.05) is 41.4 Å². The van der Waals surface area contributed by atoms with E-state index in [9.17, 15) is 4.79 Å². The molecule has 2 rings (SSSR count). The number of esters is 1. The van der Waals surface area contributed by atoms with Crippen LogP contribution in [0, 0.1) is 0 Å². The molecule has 0 amide bonds. The first kappa shape index (κ1) is 16.9. The summed E-state index contributed by atoms with van der Waals surface area (Å²) >= 11 is 12.5. The molecular formula is C17H19Cl2NO2. The Morgan fingerprint density at radius 2 is 1.95 bits per heavy atom. The van der Waals surface area contributed by atoms with Gasteiger partial charge in [0.25, 0.3) is 0 Å². The van der Waals surface area contributed by atoms with Crippen LogP contribution in [0.5, 0.6) is 0 Å². The zero-order valence-corrected chi connectivity index (χ0v) is 14.5. The summed E-state index contributed by atoms with van der Waals surface area (Å²) in [5.41, 5.74) is 3.08. The first-order valence-corrected chi connectivity index (χ1v) is 7.88. The van der Waals surface area contributed by atoms with Crippen LogP contribution in [0.4, 0.5) is 0 Å². The number of nitrogens with one attached hydrogen (secondary N) is 1. The Balaban J connectivity index is 2.51. The van der Waals surface area contributed by atoms with Gasteiger partial charge in [0.05, 0.1) is 21.7 Å². The van der Waals surface area contributed by atoms with Crippen molar-refractivity contribution in [3.05, 3.63) is 56.9 Å². The Bertz CT molecular complexity index is 663. The first-order chi connectivity index (χ1) is 10.3. The third kappa shape index (κ3) is 3.47. The largest absolute Gasteiger partial charge is 0.460 e. The lowest BCUT2D eigenvalue weighted by Crippen LogP contribution is -2.27. The van der Waals surface area contributed by atoms with Crippen LogP contribution >= 0.6 is 23.2 Å². The molecule has 0 saturated heterocycles. The molecule has 0 aromatic heterocycles. The summed E-state index contributed by atoms with van der Waals surface area (Å²) in [6, 6.07) is 5.44. The highest BCUT2D eigenvalue weighted by molar-refractivity contribution is 6.42. The van der Waals surface area contributed by atoms with E-state index in [2.05, 4.69) is 5.32 Å². The lowest BCUT2D eigenvalue weighted by Gasteiger charge is -2.27. The number of carbonyl (C=O) groups is 1. The van der Waals surface area contributed by atoms with E-state index in [1.54, 1.807) is 6.07 Å². The van der Waals surface area contributed by atoms with Crippen molar-refractivity contribution in [1.82, 2.24) is 5.32 Å². The number of rotatable bonds is 3. The van der Waals surface area contributed by atoms with E-state index in [1.807, 2.05) is 45.9 Å². The van der Waals surface area contributed by atoms with Gasteiger partial charge in [-0.2, -0.15) is 0 Å². The van der Waals surface area contributed by atoms with E-state index >= 15 is 0 Å². The Labute approximate surface area is 140 Å². The van der Waals surface area contributed by atoms with E-state index in [0.717, 1.165) is 17.0 Å². The molecule has 0 aliphatic carbocycles. The Kier molecular flexibility index (Phi) is 5.20. The molecule has 1 unspecified atom stereocenters. The number of halogens is 2. The van der Waals surface area contributed by atoms with Crippen LogP contribution in [0.1, 0.15) is 39.2 Å². The van der Waals surface area contributed by atoms with Crippen molar-refractivity contribution in [2.75, 3.05) is 0 Å². The zero-order valence-electron chi connectivity index (χ0n) is 13.0. The van der Waals surface area contributed by atoms with Crippen molar-refractivity contribution >= 4 is 29.2 Å². The second-order valence-corrected chi connectivity index (χ2v) is 6.37. The summed E-state index contributed by atoms with van der Waals surface area (Å²) in [5, 5.41) is 4.11. The van der Waals surface area contributed by atoms with E-state index in [0.29, 0.717) is 15.6 Å². The van der Waals surface area contributed by atoms with Crippen LogP contribution in [0.25, 0.3) is 0 Å². The number of hydrogen-bond donors (Lipinski definition) is 1. The van der Waals surface area contributed by atoms with Crippen LogP contribution in [0.3, 0.4) is 0 Å². The topological polar surface area (TPSA) is 38.3 Å². The van der Waals surface area contributed by atoms with E-state index in [-0.39, 0.29) is 18.0 Å². The zero-order chi connectivity index (χ0) is 16.4. The van der Waals surface area contributed by atoms with Gasteiger partial charge >= 0.3 is 5.97 Å². The second-order valence-electron chi connectivity index (χ2n) is 5.59. The molecule has 1 atom stereocenters. The monoisotopic (exact) mass is 339 g/mol. The number of carbonyl (C=O) groups excluding carboxylic acids is 1. The predicted molar refractivity (Wildman–Crippen MR) is 90.0 cm³/mol. The lowest BCUT2D eigenvalue weighted by molar-refractivity contribution is -0.143. The molecule has 0 saturated carbocycles. The predicted octanol–water partition coefficient (Wildman–Crippen LogP) is 4.81. The SMILES string of the molecule is CC1=CC(c2cccc(Cl)c2Cl)C(C(=O)OC(C)C)=C(C)N1. The quantitative estimate of drug-likeness (QED) is 0.803. The van der Waals surface area contributed by atoms with Crippen LogP contribution < -0.4 is 5.32 Å². The molecule has 1 aromatic rings. The van der Waals surface area contributed by atoms with Gasteiger partial charge in [0.2, 0.25) is 0 Å². The fraction of sp³-hybridized carbons (Fsp3) is 0.353. The summed E-state index contributed by atoms with van der Waals surface area (Å²) in [4.78, 5) is 12.5. The first-order valence-electron chi connectivity index (χ1n) is 7.12. The summed E-state index contributed by atoms with van der Waals surface area (Å²) in [6.07, 6.45) is 1.77. The van der Waals surface area contributed by atoms with Gasteiger partial charge in [-0.3, -0.25) is 0 Å². The van der Waals surface area contributed by atoms with Crippen molar-refractivity contribution in [2.24, 2.45) is 0 Å². The van der Waals surface area contributed by atoms with Crippen LogP contribution in [0.2, 0.25) is 10.0 Å². The van der Waals surface area contributed by atoms with Gasteiger partial charge in [-0.15, -0.1) is 0 Å². The summed E-state index contributed by atoms with van der Waals surface area (Å²) in [6.45, 7) is 7.46. The van der Waals surface area contributed by atoms with Crippen molar-refractivity contribution in [3.8, 4) is 0 Å². The third-order valence-electron chi connectivity index (χ3n) is 3.40. The minimum atomic E-state index is -0.343. The molecule has 1 aromatic carbocycles. The molecule has 3 nitrogen and oxygen atoms in total. The number of benzene rings is 1. The average Bonchev–Trinajstić information content (AvgIpc) is 2.39. The molecule has 0 spiro atoms. The minimum Gasteiger partial charge on any atom is -0.460 e. The molecule has 5 heteroatoms. The minimum absolute atomic E-state index is 0.185. The van der Waals surface area contributed by atoms with Crippen LogP contribution in [-0.4, -0.2) is 12.1 Å². The summed E-state index contributed by atoms with van der Waals surface area (Å²) in [5.74, 6) is -0.622. The maximum Gasteiger partial charge on any atom is 0.336 e. The maximum absolute atomic E-state index is 12.5. The summed E-state index contributed by atoms with van der Waals surface area (Å²) in [7, 11) is 0. The molecule has 0 bridgehead atoms. The van der Waals surface area contributed by atoms with Gasteiger partial charge in [-0.05, 0) is 39.3 Å². The molecule has 1 heterocycles. The smallest absolute Gasteiger partial charge is 0.336 e. The van der Waals surface area contributed by atoms with Crippen molar-refractivity contribution in [1.29, 1.82) is 0 Å². The van der Waals surface area contributed by atoms with E-state index in [4.69, 9.17) is 27.9 Å². The van der Waals surface area contributed by atoms with Gasteiger partial charge < -0.3 is 10.1 Å². The normalized spacial score (nSPS) is 18.1. The second kappa shape index (κ2) is 6.76. The standard InChI is InChI=1S/C17H19Cl2NO2/c1-9(2)22-17(21)15-11(4)20-10(3)8-13(15)12-6-5-7-14(18)16(12)19/h5-9,13,20H,1-4H3. The molecule has 1 aliphatic rings. The van der Waals surface area contributed by atoms with E-state index < -0.39 is 0 Å². The molecule has 0 radical (unpaired) electrons. The van der Waals surface area contributed by atoms with Gasteiger partial charge in [0.1, 0.15) is 0 Å².